The third-order valence-electron chi connectivity index (χ3n) is 4.99. The summed E-state index contributed by atoms with van der Waals surface area (Å²) < 4.78 is 5.38. The molecule has 6 heteroatoms. The van der Waals surface area contributed by atoms with E-state index in [9.17, 15) is 4.79 Å². The van der Waals surface area contributed by atoms with E-state index in [4.69, 9.17) is 16.3 Å². The van der Waals surface area contributed by atoms with E-state index in [0.717, 1.165) is 22.2 Å². The summed E-state index contributed by atoms with van der Waals surface area (Å²) in [6.45, 7) is 3.56. The minimum Gasteiger partial charge on any atom is -0.494 e. The molecular weight excluding hydrogens is 374 g/mol. The van der Waals surface area contributed by atoms with Crippen molar-refractivity contribution in [1.82, 2.24) is 9.99 Å². The van der Waals surface area contributed by atoms with Crippen LogP contribution in [0, 0.1) is 6.92 Å². The van der Waals surface area contributed by atoms with Crippen LogP contribution in [-0.4, -0.2) is 28.7 Å². The molecule has 0 N–H and O–H groups in total. The standard InChI is InChI=1S/C22H20ClN3O2/c1-13-7-9-15(10-8-13)18-12-19(26(25-18)14(2)27)17-11-16-5-4-6-20(28-3)21(16)24-22(17)23/h4-11,19H,12H2,1-3H3/t19-/m1/s1. The summed E-state index contributed by atoms with van der Waals surface area (Å²) in [5.41, 5.74) is 4.53. The first-order valence-corrected chi connectivity index (χ1v) is 9.43. The summed E-state index contributed by atoms with van der Waals surface area (Å²) >= 11 is 6.54. The van der Waals surface area contributed by atoms with Crippen molar-refractivity contribution in [3.8, 4) is 5.75 Å². The molecule has 0 unspecified atom stereocenters. The number of para-hydroxylation sites is 1. The van der Waals surface area contributed by atoms with Crippen LogP contribution in [0.1, 0.15) is 36.1 Å². The average Bonchev–Trinajstić information content (AvgIpc) is 3.13. The number of fused-ring (bicyclic) bond motifs is 1. The van der Waals surface area contributed by atoms with Gasteiger partial charge in [-0.05, 0) is 24.6 Å². The molecule has 142 valence electrons. The zero-order valence-electron chi connectivity index (χ0n) is 15.9. The number of halogens is 1. The zero-order valence-corrected chi connectivity index (χ0v) is 16.7. The molecule has 5 nitrogen and oxygen atoms in total. The van der Waals surface area contributed by atoms with Gasteiger partial charge >= 0.3 is 0 Å². The van der Waals surface area contributed by atoms with Crippen LogP contribution in [-0.2, 0) is 4.79 Å². The normalized spacial score (nSPS) is 16.4. The van der Waals surface area contributed by atoms with Crippen LogP contribution in [0.15, 0.2) is 53.6 Å². The van der Waals surface area contributed by atoms with E-state index >= 15 is 0 Å². The highest BCUT2D eigenvalue weighted by molar-refractivity contribution is 6.30. The topological polar surface area (TPSA) is 54.8 Å². The first-order chi connectivity index (χ1) is 13.5. The number of methoxy groups -OCH3 is 1. The summed E-state index contributed by atoms with van der Waals surface area (Å²) in [5, 5.41) is 7.36. The number of hydrogen-bond donors (Lipinski definition) is 0. The number of carbonyl (C=O) groups excluding carboxylic acids is 1. The number of pyridine rings is 1. The van der Waals surface area contributed by atoms with E-state index in [2.05, 4.69) is 10.1 Å². The van der Waals surface area contributed by atoms with Crippen molar-refractivity contribution in [3.05, 3.63) is 70.4 Å². The molecule has 0 fully saturated rings. The Bertz CT molecular complexity index is 1090. The van der Waals surface area contributed by atoms with Gasteiger partial charge in [-0.3, -0.25) is 4.79 Å². The second-order valence-electron chi connectivity index (χ2n) is 6.90. The van der Waals surface area contributed by atoms with E-state index in [1.54, 1.807) is 7.11 Å². The van der Waals surface area contributed by atoms with Gasteiger partial charge in [0.1, 0.15) is 16.4 Å². The summed E-state index contributed by atoms with van der Waals surface area (Å²) in [7, 11) is 1.61. The van der Waals surface area contributed by atoms with Gasteiger partial charge in [0, 0.05) is 24.3 Å². The van der Waals surface area contributed by atoms with Crippen LogP contribution < -0.4 is 4.74 Å². The van der Waals surface area contributed by atoms with Crippen LogP contribution in [0.25, 0.3) is 10.9 Å². The molecule has 0 saturated carbocycles. The molecule has 2 heterocycles. The van der Waals surface area contributed by atoms with Crippen LogP contribution >= 0.6 is 11.6 Å². The molecule has 0 bridgehead atoms. The maximum Gasteiger partial charge on any atom is 0.240 e. The monoisotopic (exact) mass is 393 g/mol. The summed E-state index contributed by atoms with van der Waals surface area (Å²) in [6, 6.07) is 15.5. The third kappa shape index (κ3) is 3.22. The molecule has 0 radical (unpaired) electrons. The molecule has 1 atom stereocenters. The Balaban J connectivity index is 1.77. The number of aromatic nitrogens is 1. The molecule has 1 aliphatic heterocycles. The molecule has 1 aromatic heterocycles. The maximum absolute atomic E-state index is 12.3. The fraction of sp³-hybridized carbons (Fsp3) is 0.227. The lowest BCUT2D eigenvalue weighted by atomic mass is 9.98. The van der Waals surface area contributed by atoms with Gasteiger partial charge in [0.2, 0.25) is 5.91 Å². The highest BCUT2D eigenvalue weighted by Gasteiger charge is 2.33. The minimum atomic E-state index is -0.288. The number of benzene rings is 2. The molecule has 1 amide bonds. The minimum absolute atomic E-state index is 0.131. The fourth-order valence-electron chi connectivity index (χ4n) is 3.53. The molecule has 3 aromatic rings. The SMILES string of the molecule is COc1cccc2cc([C@H]3CC(c4ccc(C)cc4)=NN3C(C)=O)c(Cl)nc12. The number of hydrogen-bond acceptors (Lipinski definition) is 4. The highest BCUT2D eigenvalue weighted by atomic mass is 35.5. The molecule has 2 aromatic carbocycles. The number of carbonyl (C=O) groups is 1. The number of hydrazone groups is 1. The van der Waals surface area contributed by atoms with Gasteiger partial charge in [-0.1, -0.05) is 53.6 Å². The average molecular weight is 394 g/mol. The largest absolute Gasteiger partial charge is 0.494 e. The van der Waals surface area contributed by atoms with E-state index in [-0.39, 0.29) is 11.9 Å². The molecule has 0 spiro atoms. The quantitative estimate of drug-likeness (QED) is 0.594. The molecule has 0 aliphatic carbocycles. The lowest BCUT2D eigenvalue weighted by Gasteiger charge is -2.21. The lowest BCUT2D eigenvalue weighted by molar-refractivity contribution is -0.130. The molecule has 0 saturated heterocycles. The third-order valence-corrected chi connectivity index (χ3v) is 5.29. The Morgan fingerprint density at radius 2 is 1.96 bits per heavy atom. The fourth-order valence-corrected chi connectivity index (χ4v) is 3.79. The lowest BCUT2D eigenvalue weighted by Crippen LogP contribution is -2.24. The van der Waals surface area contributed by atoms with Gasteiger partial charge < -0.3 is 4.74 Å². The summed E-state index contributed by atoms with van der Waals surface area (Å²) in [4.78, 5) is 16.8. The van der Waals surface area contributed by atoms with Crippen molar-refractivity contribution < 1.29 is 9.53 Å². The van der Waals surface area contributed by atoms with Crippen molar-refractivity contribution in [2.45, 2.75) is 26.3 Å². The van der Waals surface area contributed by atoms with E-state index in [1.807, 2.05) is 55.5 Å². The first-order valence-electron chi connectivity index (χ1n) is 9.05. The number of amides is 1. The van der Waals surface area contributed by atoms with Crippen molar-refractivity contribution in [2.24, 2.45) is 5.10 Å². The molecule has 28 heavy (non-hydrogen) atoms. The Labute approximate surface area is 168 Å². The van der Waals surface area contributed by atoms with Crippen LogP contribution in [0.3, 0.4) is 0 Å². The van der Waals surface area contributed by atoms with Crippen molar-refractivity contribution in [1.29, 1.82) is 0 Å². The Kier molecular flexibility index (Phi) is 4.77. The molecular formula is C22H20ClN3O2. The van der Waals surface area contributed by atoms with Gasteiger partial charge in [-0.25, -0.2) is 9.99 Å². The van der Waals surface area contributed by atoms with Gasteiger partial charge in [-0.2, -0.15) is 5.10 Å². The van der Waals surface area contributed by atoms with Crippen LogP contribution in [0.4, 0.5) is 0 Å². The predicted molar refractivity (Wildman–Crippen MR) is 111 cm³/mol. The van der Waals surface area contributed by atoms with Crippen molar-refractivity contribution >= 4 is 34.1 Å². The van der Waals surface area contributed by atoms with Gasteiger partial charge in [0.05, 0.1) is 18.9 Å². The van der Waals surface area contributed by atoms with Gasteiger partial charge in [0.25, 0.3) is 0 Å². The van der Waals surface area contributed by atoms with E-state index in [0.29, 0.717) is 22.8 Å². The zero-order chi connectivity index (χ0) is 19.8. The van der Waals surface area contributed by atoms with Gasteiger partial charge in [0.15, 0.2) is 0 Å². The van der Waals surface area contributed by atoms with Crippen LogP contribution in [0.5, 0.6) is 5.75 Å². The molecule has 1 aliphatic rings. The molecule has 4 rings (SSSR count). The summed E-state index contributed by atoms with van der Waals surface area (Å²) in [6.07, 6.45) is 0.583. The summed E-state index contributed by atoms with van der Waals surface area (Å²) in [5.74, 6) is 0.534. The van der Waals surface area contributed by atoms with Gasteiger partial charge in [-0.15, -0.1) is 0 Å². The Hall–Kier alpha value is -2.92. The predicted octanol–water partition coefficient (Wildman–Crippen LogP) is 4.90. The Morgan fingerprint density at radius 3 is 2.64 bits per heavy atom. The van der Waals surface area contributed by atoms with Crippen LogP contribution in [0.2, 0.25) is 5.15 Å². The highest BCUT2D eigenvalue weighted by Crippen LogP contribution is 2.38. The Morgan fingerprint density at radius 1 is 1.21 bits per heavy atom. The smallest absolute Gasteiger partial charge is 0.240 e. The van der Waals surface area contributed by atoms with E-state index < -0.39 is 0 Å². The van der Waals surface area contributed by atoms with E-state index in [1.165, 1.54) is 17.5 Å². The second kappa shape index (κ2) is 7.24. The number of ether oxygens (including phenoxy) is 1. The second-order valence-corrected chi connectivity index (χ2v) is 7.25. The number of nitrogens with zero attached hydrogens (tertiary/aromatic N) is 3. The number of aryl methyl sites for hydroxylation is 1. The van der Waals surface area contributed by atoms with Crippen molar-refractivity contribution in [2.75, 3.05) is 7.11 Å². The van der Waals surface area contributed by atoms with Crippen molar-refractivity contribution in [3.63, 3.8) is 0 Å². The first kappa shape index (κ1) is 18.4. The maximum atomic E-state index is 12.3. The number of rotatable bonds is 3.